The molecule has 0 bridgehead atoms. The third-order valence-corrected chi connectivity index (χ3v) is 8.02. The molecule has 3 heterocycles. The molecule has 1 unspecified atom stereocenters. The second-order valence-corrected chi connectivity index (χ2v) is 10.2. The first-order valence-corrected chi connectivity index (χ1v) is 12.7. The van der Waals surface area contributed by atoms with Gasteiger partial charge >= 0.3 is 0 Å². The van der Waals surface area contributed by atoms with Crippen molar-refractivity contribution in [3.63, 3.8) is 0 Å². The lowest BCUT2D eigenvalue weighted by Crippen LogP contribution is -2.37. The Morgan fingerprint density at radius 2 is 1.72 bits per heavy atom. The van der Waals surface area contributed by atoms with E-state index >= 15 is 0 Å². The lowest BCUT2D eigenvalue weighted by molar-refractivity contribution is 0.0904. The van der Waals surface area contributed by atoms with Crippen LogP contribution in [0.3, 0.4) is 0 Å². The molecule has 0 saturated carbocycles. The van der Waals surface area contributed by atoms with Gasteiger partial charge < -0.3 is 14.5 Å². The molecule has 1 atom stereocenters. The summed E-state index contributed by atoms with van der Waals surface area (Å²) in [7, 11) is -2.06. The van der Waals surface area contributed by atoms with E-state index in [-0.39, 0.29) is 16.9 Å². The van der Waals surface area contributed by atoms with E-state index in [2.05, 4.69) is 10.2 Å². The first kappa shape index (κ1) is 22.8. The summed E-state index contributed by atoms with van der Waals surface area (Å²) in [4.78, 5) is 15.1. The van der Waals surface area contributed by atoms with E-state index in [9.17, 15) is 13.2 Å². The molecule has 2 fully saturated rings. The van der Waals surface area contributed by atoms with Gasteiger partial charge in [-0.2, -0.15) is 4.31 Å². The van der Waals surface area contributed by atoms with E-state index in [1.165, 1.54) is 16.4 Å². The fourth-order valence-electron chi connectivity index (χ4n) is 4.52. The number of para-hydroxylation sites is 1. The zero-order valence-electron chi connectivity index (χ0n) is 18.5. The summed E-state index contributed by atoms with van der Waals surface area (Å²) in [5.41, 5.74) is 1.02. The Kier molecular flexibility index (Phi) is 7.17. The highest BCUT2D eigenvalue weighted by Gasteiger charge is 2.30. The molecule has 174 valence electrons. The average molecular weight is 462 g/mol. The predicted molar refractivity (Wildman–Crippen MR) is 120 cm³/mol. The van der Waals surface area contributed by atoms with Crippen LogP contribution >= 0.6 is 0 Å². The maximum Gasteiger partial charge on any atom is 0.287 e. The van der Waals surface area contributed by atoms with Crippen LogP contribution in [0.1, 0.15) is 54.3 Å². The molecule has 4 rings (SSSR count). The van der Waals surface area contributed by atoms with Crippen LogP contribution in [-0.2, 0) is 10.0 Å². The molecule has 2 aromatic rings. The van der Waals surface area contributed by atoms with Gasteiger partial charge in [0.15, 0.2) is 5.76 Å². The van der Waals surface area contributed by atoms with Gasteiger partial charge in [-0.3, -0.25) is 9.69 Å². The number of carbonyl (C=O) groups excluding carboxylic acids is 1. The highest BCUT2D eigenvalue weighted by Crippen LogP contribution is 2.31. The highest BCUT2D eigenvalue weighted by atomic mass is 32.2. The first-order valence-electron chi connectivity index (χ1n) is 11.3. The summed E-state index contributed by atoms with van der Waals surface area (Å²) >= 11 is 0. The Labute approximate surface area is 189 Å². The highest BCUT2D eigenvalue weighted by molar-refractivity contribution is 7.89. The number of rotatable bonds is 8. The standard InChI is InChI=1S/C23H31N3O5S/c1-30-20-10-4-3-9-18(20)19(25-13-7-8-14-25)17-24-23(27)21-11-12-22(31-21)32(28,29)26-15-5-2-6-16-26/h3-4,9-12,19H,2,5-8,13-17H2,1H3,(H,24,27). The molecule has 0 spiro atoms. The topological polar surface area (TPSA) is 92.1 Å². The molecule has 2 aliphatic rings. The molecular weight excluding hydrogens is 430 g/mol. The number of methoxy groups -OCH3 is 1. The van der Waals surface area contributed by atoms with Crippen LogP contribution in [0.2, 0.25) is 0 Å². The lowest BCUT2D eigenvalue weighted by atomic mass is 10.0. The predicted octanol–water partition coefficient (Wildman–Crippen LogP) is 3.03. The van der Waals surface area contributed by atoms with Crippen molar-refractivity contribution in [2.45, 2.75) is 43.2 Å². The maximum absolute atomic E-state index is 12.8. The van der Waals surface area contributed by atoms with E-state index in [1.54, 1.807) is 7.11 Å². The Morgan fingerprint density at radius 1 is 1.03 bits per heavy atom. The quantitative estimate of drug-likeness (QED) is 0.650. The molecule has 32 heavy (non-hydrogen) atoms. The molecule has 1 aromatic heterocycles. The Hall–Kier alpha value is -2.36. The van der Waals surface area contributed by atoms with Gasteiger partial charge in [-0.1, -0.05) is 24.6 Å². The molecule has 1 amide bonds. The van der Waals surface area contributed by atoms with Crippen molar-refractivity contribution in [1.29, 1.82) is 0 Å². The summed E-state index contributed by atoms with van der Waals surface area (Å²) in [5.74, 6) is 0.358. The maximum atomic E-state index is 12.8. The summed E-state index contributed by atoms with van der Waals surface area (Å²) in [6.07, 6.45) is 4.95. The van der Waals surface area contributed by atoms with Gasteiger partial charge in [-0.25, -0.2) is 8.42 Å². The smallest absolute Gasteiger partial charge is 0.287 e. The summed E-state index contributed by atoms with van der Waals surface area (Å²) in [5, 5.41) is 2.76. The van der Waals surface area contributed by atoms with E-state index in [0.29, 0.717) is 19.6 Å². The number of nitrogens with one attached hydrogen (secondary N) is 1. The average Bonchev–Trinajstić information content (AvgIpc) is 3.53. The second-order valence-electron chi connectivity index (χ2n) is 8.29. The van der Waals surface area contributed by atoms with Crippen molar-refractivity contribution >= 4 is 15.9 Å². The molecule has 1 N–H and O–H groups in total. The molecular formula is C23H31N3O5S. The zero-order valence-corrected chi connectivity index (χ0v) is 19.3. The largest absolute Gasteiger partial charge is 0.496 e. The van der Waals surface area contributed by atoms with Gasteiger partial charge in [0.05, 0.1) is 13.2 Å². The lowest BCUT2D eigenvalue weighted by Gasteiger charge is -2.29. The van der Waals surface area contributed by atoms with E-state index in [1.807, 2.05) is 24.3 Å². The van der Waals surface area contributed by atoms with Crippen molar-refractivity contribution in [1.82, 2.24) is 14.5 Å². The fraction of sp³-hybridized carbons (Fsp3) is 0.522. The second kappa shape index (κ2) is 10.1. The molecule has 0 radical (unpaired) electrons. The van der Waals surface area contributed by atoms with Crippen molar-refractivity contribution in [3.05, 3.63) is 47.7 Å². The number of nitrogens with zero attached hydrogens (tertiary/aromatic N) is 2. The summed E-state index contributed by atoms with van der Waals surface area (Å²) < 4.78 is 38.1. The summed E-state index contributed by atoms with van der Waals surface area (Å²) in [6.45, 7) is 3.26. The number of likely N-dealkylation sites (tertiary alicyclic amines) is 1. The van der Waals surface area contributed by atoms with E-state index in [4.69, 9.17) is 9.15 Å². The van der Waals surface area contributed by atoms with E-state index in [0.717, 1.165) is 56.5 Å². The monoisotopic (exact) mass is 461 g/mol. The van der Waals surface area contributed by atoms with Crippen molar-refractivity contribution in [2.24, 2.45) is 0 Å². The minimum Gasteiger partial charge on any atom is -0.496 e. The molecule has 1 aromatic carbocycles. The number of amides is 1. The first-order chi connectivity index (χ1) is 15.5. The number of furan rings is 1. The Morgan fingerprint density at radius 3 is 2.44 bits per heavy atom. The van der Waals surface area contributed by atoms with Crippen LogP contribution in [-0.4, -0.2) is 63.4 Å². The van der Waals surface area contributed by atoms with Crippen LogP contribution in [0.5, 0.6) is 5.75 Å². The minimum atomic E-state index is -3.71. The van der Waals surface area contributed by atoms with Gasteiger partial charge in [0.2, 0.25) is 5.09 Å². The Balaban J connectivity index is 1.47. The van der Waals surface area contributed by atoms with Crippen LogP contribution in [0.15, 0.2) is 45.9 Å². The van der Waals surface area contributed by atoms with Crippen LogP contribution < -0.4 is 10.1 Å². The third kappa shape index (κ3) is 4.84. The number of hydrogen-bond donors (Lipinski definition) is 1. The number of sulfonamides is 1. The van der Waals surface area contributed by atoms with Crippen LogP contribution in [0.4, 0.5) is 0 Å². The summed E-state index contributed by atoms with van der Waals surface area (Å²) in [6, 6.07) is 10.6. The van der Waals surface area contributed by atoms with Gasteiger partial charge in [-0.15, -0.1) is 0 Å². The third-order valence-electron chi connectivity index (χ3n) is 6.25. The number of carbonyl (C=O) groups is 1. The SMILES string of the molecule is COc1ccccc1C(CNC(=O)c1ccc(S(=O)(=O)N2CCCCC2)o1)N1CCCC1. The normalized spacial score (nSPS) is 19.0. The molecule has 8 nitrogen and oxygen atoms in total. The number of hydrogen-bond acceptors (Lipinski definition) is 6. The van der Waals surface area contributed by atoms with Crippen molar-refractivity contribution in [3.8, 4) is 5.75 Å². The molecule has 9 heteroatoms. The number of piperidine rings is 1. The fourth-order valence-corrected chi connectivity index (χ4v) is 5.95. The Bertz CT molecular complexity index is 1020. The van der Waals surface area contributed by atoms with Crippen molar-refractivity contribution in [2.75, 3.05) is 39.8 Å². The molecule has 2 saturated heterocycles. The van der Waals surface area contributed by atoms with Crippen LogP contribution in [0, 0.1) is 0 Å². The molecule has 2 aliphatic heterocycles. The van der Waals surface area contributed by atoms with Gasteiger partial charge in [0.1, 0.15) is 5.75 Å². The zero-order chi connectivity index (χ0) is 22.6. The number of benzene rings is 1. The minimum absolute atomic E-state index is 0.000725. The van der Waals surface area contributed by atoms with Gasteiger partial charge in [-0.05, 0) is 57.0 Å². The number of ether oxygens (including phenoxy) is 1. The van der Waals surface area contributed by atoms with Crippen molar-refractivity contribution < 1.29 is 22.4 Å². The van der Waals surface area contributed by atoms with E-state index < -0.39 is 15.9 Å². The van der Waals surface area contributed by atoms with Crippen LogP contribution in [0.25, 0.3) is 0 Å². The molecule has 0 aliphatic carbocycles. The van der Waals surface area contributed by atoms with Gasteiger partial charge in [0, 0.05) is 25.2 Å². The van der Waals surface area contributed by atoms with Gasteiger partial charge in [0.25, 0.3) is 15.9 Å².